The number of para-hydroxylation sites is 1. The molecule has 0 bridgehead atoms. The molecule has 4 rings (SSSR count). The van der Waals surface area contributed by atoms with Gasteiger partial charge >= 0.3 is 0 Å². The van der Waals surface area contributed by atoms with Gasteiger partial charge in [0.15, 0.2) is 4.34 Å². The van der Waals surface area contributed by atoms with Crippen molar-refractivity contribution in [1.82, 2.24) is 4.98 Å². The summed E-state index contributed by atoms with van der Waals surface area (Å²) in [6.07, 6.45) is 0. The van der Waals surface area contributed by atoms with Crippen LogP contribution in [0.3, 0.4) is 0 Å². The van der Waals surface area contributed by atoms with Gasteiger partial charge in [-0.1, -0.05) is 30.3 Å². The van der Waals surface area contributed by atoms with Crippen molar-refractivity contribution in [2.75, 3.05) is 0 Å². The molecule has 0 aliphatic heterocycles. The van der Waals surface area contributed by atoms with Gasteiger partial charge in [-0.25, -0.2) is 4.98 Å². The maximum atomic E-state index is 12.4. The maximum absolute atomic E-state index is 12.4. The van der Waals surface area contributed by atoms with Gasteiger partial charge in [0.05, 0.1) is 15.1 Å². The number of carbonyl (C=O) groups excluding carboxylic acids is 1. The second kappa shape index (κ2) is 5.26. The third-order valence-corrected chi connectivity index (χ3v) is 6.33. The van der Waals surface area contributed by atoms with Gasteiger partial charge in [-0.15, -0.1) is 22.7 Å². The molecule has 0 fully saturated rings. The fourth-order valence-electron chi connectivity index (χ4n) is 2.11. The molecule has 0 aliphatic carbocycles. The van der Waals surface area contributed by atoms with Gasteiger partial charge in [-0.05, 0) is 41.4 Å². The Balaban J connectivity index is 1.65. The number of thiophene rings is 1. The summed E-state index contributed by atoms with van der Waals surface area (Å²) in [6, 6.07) is 18.0. The van der Waals surface area contributed by atoms with Gasteiger partial charge in [0, 0.05) is 4.70 Å². The number of benzene rings is 2. The molecular weight excluding hydrogens is 318 g/mol. The minimum absolute atomic E-state index is 0.0651. The summed E-state index contributed by atoms with van der Waals surface area (Å²) in [5.41, 5.74) is 0.953. The molecule has 0 aliphatic rings. The normalized spacial score (nSPS) is 11.2. The highest BCUT2D eigenvalue weighted by Gasteiger charge is 2.14. The molecule has 5 heteroatoms. The zero-order valence-electron chi connectivity index (χ0n) is 10.8. The molecule has 0 amide bonds. The summed E-state index contributed by atoms with van der Waals surface area (Å²) in [5.74, 6) is 0. The molecule has 0 atom stereocenters. The fourth-order valence-corrected chi connectivity index (χ4v) is 5.08. The van der Waals surface area contributed by atoms with E-state index in [1.807, 2.05) is 54.6 Å². The molecule has 0 unspecified atom stereocenters. The summed E-state index contributed by atoms with van der Waals surface area (Å²) in [7, 11) is 0. The van der Waals surface area contributed by atoms with Crippen molar-refractivity contribution in [2.45, 2.75) is 4.34 Å². The molecule has 2 aromatic heterocycles. The minimum Gasteiger partial charge on any atom is -0.280 e. The van der Waals surface area contributed by atoms with E-state index in [1.165, 1.54) is 23.1 Å². The van der Waals surface area contributed by atoms with Crippen LogP contribution >= 0.6 is 34.4 Å². The number of rotatable bonds is 2. The molecule has 0 spiro atoms. The molecular formula is C16H9NOS3. The average Bonchev–Trinajstić information content (AvgIpc) is 3.10. The predicted molar refractivity (Wildman–Crippen MR) is 91.6 cm³/mol. The SMILES string of the molecule is O=C(Sc1nc2ccccc2s1)c1cc2ccccc2s1. The van der Waals surface area contributed by atoms with Crippen molar-refractivity contribution in [3.05, 3.63) is 59.5 Å². The Labute approximate surface area is 133 Å². The molecule has 0 radical (unpaired) electrons. The Morgan fingerprint density at radius 3 is 2.52 bits per heavy atom. The van der Waals surface area contributed by atoms with E-state index in [-0.39, 0.29) is 5.12 Å². The third-order valence-electron chi connectivity index (χ3n) is 3.08. The minimum atomic E-state index is 0.0651. The quantitative estimate of drug-likeness (QED) is 0.459. The highest BCUT2D eigenvalue weighted by molar-refractivity contribution is 8.15. The first-order valence-corrected chi connectivity index (χ1v) is 8.81. The third kappa shape index (κ3) is 2.48. The van der Waals surface area contributed by atoms with Gasteiger partial charge < -0.3 is 0 Å². The van der Waals surface area contributed by atoms with Crippen molar-refractivity contribution < 1.29 is 4.79 Å². The molecule has 2 nitrogen and oxygen atoms in total. The lowest BCUT2D eigenvalue weighted by Gasteiger charge is -1.91. The Bertz CT molecular complexity index is 888. The van der Waals surface area contributed by atoms with E-state index in [1.54, 1.807) is 11.3 Å². The number of carbonyl (C=O) groups is 1. The van der Waals surface area contributed by atoms with Crippen molar-refractivity contribution in [3.63, 3.8) is 0 Å². The average molecular weight is 327 g/mol. The predicted octanol–water partition coefficient (Wildman–Crippen LogP) is 5.44. The van der Waals surface area contributed by atoms with Crippen molar-refractivity contribution in [1.29, 1.82) is 0 Å². The summed E-state index contributed by atoms with van der Waals surface area (Å²) >= 11 is 4.32. The Kier molecular flexibility index (Phi) is 3.25. The number of thiazole rings is 1. The first kappa shape index (κ1) is 13.0. The standard InChI is InChI=1S/C16H9NOS3/c18-15(14-9-10-5-1-3-7-12(10)19-14)21-16-17-11-6-2-4-8-13(11)20-16/h1-9H. The van der Waals surface area contributed by atoms with Gasteiger partial charge in [0.1, 0.15) is 0 Å². The number of fused-ring (bicyclic) bond motifs is 2. The van der Waals surface area contributed by atoms with E-state index in [2.05, 4.69) is 4.98 Å². The van der Waals surface area contributed by atoms with E-state index in [4.69, 9.17) is 0 Å². The molecule has 2 heterocycles. The number of hydrogen-bond donors (Lipinski definition) is 0. The van der Waals surface area contributed by atoms with E-state index in [0.29, 0.717) is 0 Å². The van der Waals surface area contributed by atoms with Gasteiger partial charge in [-0.3, -0.25) is 4.79 Å². The lowest BCUT2D eigenvalue weighted by atomic mass is 10.2. The van der Waals surface area contributed by atoms with Crippen LogP contribution in [0.1, 0.15) is 9.67 Å². The van der Waals surface area contributed by atoms with Crippen LogP contribution in [0.2, 0.25) is 0 Å². The second-order valence-electron chi connectivity index (χ2n) is 4.49. The zero-order valence-corrected chi connectivity index (χ0v) is 13.2. The van der Waals surface area contributed by atoms with Crippen LogP contribution < -0.4 is 0 Å². The molecule has 0 saturated heterocycles. The fraction of sp³-hybridized carbons (Fsp3) is 0. The molecule has 21 heavy (non-hydrogen) atoms. The Morgan fingerprint density at radius 1 is 0.952 bits per heavy atom. The molecule has 102 valence electrons. The number of aromatic nitrogens is 1. The summed E-state index contributed by atoms with van der Waals surface area (Å²) < 4.78 is 3.06. The number of nitrogens with zero attached hydrogens (tertiary/aromatic N) is 1. The van der Waals surface area contributed by atoms with E-state index < -0.39 is 0 Å². The maximum Gasteiger partial charge on any atom is 0.236 e. The van der Waals surface area contributed by atoms with Crippen LogP contribution in [0.15, 0.2) is 58.9 Å². The van der Waals surface area contributed by atoms with Crippen LogP contribution in [0.4, 0.5) is 0 Å². The topological polar surface area (TPSA) is 30.0 Å². The van der Waals surface area contributed by atoms with Gasteiger partial charge in [0.2, 0.25) is 5.12 Å². The Morgan fingerprint density at radius 2 is 1.71 bits per heavy atom. The van der Waals surface area contributed by atoms with Crippen LogP contribution in [-0.2, 0) is 0 Å². The monoisotopic (exact) mass is 327 g/mol. The summed E-state index contributed by atoms with van der Waals surface area (Å²) in [4.78, 5) is 17.7. The molecule has 0 saturated carbocycles. The lowest BCUT2D eigenvalue weighted by Crippen LogP contribution is -1.87. The molecule has 2 aromatic carbocycles. The second-order valence-corrected chi connectivity index (χ2v) is 7.82. The summed E-state index contributed by atoms with van der Waals surface area (Å²) in [5, 5.41) is 1.19. The first-order valence-electron chi connectivity index (χ1n) is 6.36. The van der Waals surface area contributed by atoms with Crippen molar-refractivity contribution in [2.24, 2.45) is 0 Å². The smallest absolute Gasteiger partial charge is 0.236 e. The van der Waals surface area contributed by atoms with Crippen molar-refractivity contribution in [3.8, 4) is 0 Å². The zero-order chi connectivity index (χ0) is 14.2. The summed E-state index contributed by atoms with van der Waals surface area (Å²) in [6.45, 7) is 0. The highest BCUT2D eigenvalue weighted by Crippen LogP contribution is 2.34. The van der Waals surface area contributed by atoms with Gasteiger partial charge in [-0.2, -0.15) is 0 Å². The van der Waals surface area contributed by atoms with Crippen LogP contribution in [0, 0.1) is 0 Å². The highest BCUT2D eigenvalue weighted by atomic mass is 32.2. The van der Waals surface area contributed by atoms with E-state index in [0.717, 1.165) is 29.5 Å². The van der Waals surface area contributed by atoms with Crippen LogP contribution in [0.5, 0.6) is 0 Å². The lowest BCUT2D eigenvalue weighted by molar-refractivity contribution is 0.109. The molecule has 0 N–H and O–H groups in total. The molecule has 4 aromatic rings. The van der Waals surface area contributed by atoms with E-state index >= 15 is 0 Å². The first-order chi connectivity index (χ1) is 10.3. The van der Waals surface area contributed by atoms with E-state index in [9.17, 15) is 4.79 Å². The van der Waals surface area contributed by atoms with Crippen LogP contribution in [-0.4, -0.2) is 10.1 Å². The van der Waals surface area contributed by atoms with Crippen molar-refractivity contribution >= 4 is 59.9 Å². The van der Waals surface area contributed by atoms with Gasteiger partial charge in [0.25, 0.3) is 0 Å². The number of hydrogen-bond acceptors (Lipinski definition) is 5. The van der Waals surface area contributed by atoms with Crippen LogP contribution in [0.25, 0.3) is 20.3 Å². The Hall–Kier alpha value is -1.69. The number of thioether (sulfide) groups is 1. The largest absolute Gasteiger partial charge is 0.280 e.